The number of carbonyl (C=O) groups is 1. The Hall–Kier alpha value is -2.68. The molecule has 1 unspecified atom stereocenters. The molecular weight excluding hydrogens is 524 g/mol. The molecule has 0 bridgehead atoms. The zero-order valence-electron chi connectivity index (χ0n) is 22.4. The summed E-state index contributed by atoms with van der Waals surface area (Å²) in [5.41, 5.74) is 0.752. The van der Waals surface area contributed by atoms with Crippen molar-refractivity contribution in [2.75, 3.05) is 6.54 Å². The van der Waals surface area contributed by atoms with E-state index in [1.165, 1.54) is 16.4 Å². The zero-order chi connectivity index (χ0) is 27.7. The van der Waals surface area contributed by atoms with Crippen molar-refractivity contribution in [3.8, 4) is 0 Å². The number of pyridine rings is 1. The molecule has 204 valence electrons. The van der Waals surface area contributed by atoms with Crippen molar-refractivity contribution < 1.29 is 17.9 Å². The number of aromatic nitrogens is 1. The van der Waals surface area contributed by atoms with E-state index in [1.54, 1.807) is 31.4 Å². The average Bonchev–Trinajstić information content (AvgIpc) is 3.36. The lowest BCUT2D eigenvalue weighted by Gasteiger charge is -2.27. The van der Waals surface area contributed by atoms with Gasteiger partial charge in [-0.3, -0.25) is 9.59 Å². The number of benzene rings is 2. The molecule has 0 saturated carbocycles. The van der Waals surface area contributed by atoms with E-state index in [0.717, 1.165) is 30.3 Å². The summed E-state index contributed by atoms with van der Waals surface area (Å²) in [4.78, 5) is 26.1. The van der Waals surface area contributed by atoms with Crippen LogP contribution in [0.3, 0.4) is 0 Å². The number of aryl methyl sites for hydroxylation is 1. The second kappa shape index (κ2) is 11.2. The highest BCUT2D eigenvalue weighted by atomic mass is 35.5. The second-order valence-electron chi connectivity index (χ2n) is 10.8. The summed E-state index contributed by atoms with van der Waals surface area (Å²) < 4.78 is 35.4. The SMILES string of the molecule is CCCCc1cc2ccccc2c(=O)n1Cc1ccc(S(=O)(=O)N2CCCC2C(=O)OC(C)(C)C)cc1Cl. The van der Waals surface area contributed by atoms with Crippen molar-refractivity contribution in [2.45, 2.75) is 82.9 Å². The van der Waals surface area contributed by atoms with Crippen molar-refractivity contribution >= 4 is 38.4 Å². The number of rotatable bonds is 8. The Balaban J connectivity index is 1.65. The summed E-state index contributed by atoms with van der Waals surface area (Å²) in [7, 11) is -3.98. The zero-order valence-corrected chi connectivity index (χ0v) is 23.9. The lowest BCUT2D eigenvalue weighted by molar-refractivity contribution is -0.158. The topological polar surface area (TPSA) is 85.7 Å². The van der Waals surface area contributed by atoms with Crippen LogP contribution in [0.25, 0.3) is 10.8 Å². The van der Waals surface area contributed by atoms with E-state index in [4.69, 9.17) is 16.3 Å². The standard InChI is InChI=1S/C29H35ClN2O5S/c1-5-6-11-22-17-20-10-7-8-12-24(20)27(33)31(22)19-21-14-15-23(18-25(21)30)38(35,36)32-16-9-13-26(32)28(34)37-29(2,3)4/h7-8,10,12,14-15,17-18,26H,5-6,9,11,13,16,19H2,1-4H3. The molecule has 1 aliphatic heterocycles. The maximum Gasteiger partial charge on any atom is 0.324 e. The molecule has 7 nitrogen and oxygen atoms in total. The number of hydrogen-bond acceptors (Lipinski definition) is 5. The summed E-state index contributed by atoms with van der Waals surface area (Å²) >= 11 is 6.62. The third kappa shape index (κ3) is 5.98. The first-order valence-corrected chi connectivity index (χ1v) is 14.9. The fourth-order valence-corrected chi connectivity index (χ4v) is 6.82. The first-order valence-electron chi connectivity index (χ1n) is 13.1. The summed E-state index contributed by atoms with van der Waals surface area (Å²) in [6.07, 6.45) is 3.67. The summed E-state index contributed by atoms with van der Waals surface area (Å²) in [6, 6.07) is 13.2. The van der Waals surface area contributed by atoms with Gasteiger partial charge >= 0.3 is 5.97 Å². The van der Waals surface area contributed by atoms with Crippen molar-refractivity contribution in [2.24, 2.45) is 0 Å². The van der Waals surface area contributed by atoms with Crippen LogP contribution in [0.15, 0.2) is 58.2 Å². The molecule has 9 heteroatoms. The van der Waals surface area contributed by atoms with Crippen LogP contribution in [0.2, 0.25) is 5.02 Å². The predicted octanol–water partition coefficient (Wildman–Crippen LogP) is 5.54. The van der Waals surface area contributed by atoms with Gasteiger partial charge in [0, 0.05) is 22.6 Å². The quantitative estimate of drug-likeness (QED) is 0.339. The van der Waals surface area contributed by atoms with E-state index in [0.29, 0.717) is 23.8 Å². The Bertz CT molecular complexity index is 1510. The van der Waals surface area contributed by atoms with Crippen LogP contribution in [0.4, 0.5) is 0 Å². The maximum absolute atomic E-state index is 13.5. The van der Waals surface area contributed by atoms with Gasteiger partial charge in [0.05, 0.1) is 11.4 Å². The van der Waals surface area contributed by atoms with Crippen molar-refractivity contribution in [3.63, 3.8) is 0 Å². The molecule has 1 atom stereocenters. The molecular formula is C29H35ClN2O5S. The lowest BCUT2D eigenvalue weighted by Crippen LogP contribution is -2.43. The molecule has 1 aliphatic rings. The van der Waals surface area contributed by atoms with Crippen LogP contribution in [0, 0.1) is 0 Å². The molecule has 0 spiro atoms. The monoisotopic (exact) mass is 558 g/mol. The number of halogens is 1. The molecule has 38 heavy (non-hydrogen) atoms. The number of fused-ring (bicyclic) bond motifs is 1. The number of esters is 1. The van der Waals surface area contributed by atoms with Gasteiger partial charge in [-0.25, -0.2) is 8.42 Å². The lowest BCUT2D eigenvalue weighted by atomic mass is 10.1. The molecule has 0 radical (unpaired) electrons. The van der Waals surface area contributed by atoms with Gasteiger partial charge < -0.3 is 9.30 Å². The second-order valence-corrected chi connectivity index (χ2v) is 13.1. The third-order valence-electron chi connectivity index (χ3n) is 6.73. The van der Waals surface area contributed by atoms with E-state index in [9.17, 15) is 18.0 Å². The van der Waals surface area contributed by atoms with E-state index < -0.39 is 27.6 Å². The first-order chi connectivity index (χ1) is 17.9. The van der Waals surface area contributed by atoms with Gasteiger partial charge in [0.15, 0.2) is 0 Å². The number of carbonyl (C=O) groups excluding carboxylic acids is 1. The van der Waals surface area contributed by atoms with Crippen LogP contribution < -0.4 is 5.56 Å². The third-order valence-corrected chi connectivity index (χ3v) is 8.99. The van der Waals surface area contributed by atoms with Gasteiger partial charge in [0.2, 0.25) is 10.0 Å². The molecule has 4 rings (SSSR count). The van der Waals surface area contributed by atoms with E-state index >= 15 is 0 Å². The average molecular weight is 559 g/mol. The van der Waals surface area contributed by atoms with Gasteiger partial charge in [-0.2, -0.15) is 4.31 Å². The smallest absolute Gasteiger partial charge is 0.324 e. The Kier molecular flexibility index (Phi) is 8.35. The van der Waals surface area contributed by atoms with Crippen LogP contribution >= 0.6 is 11.6 Å². The number of nitrogens with zero attached hydrogens (tertiary/aromatic N) is 2. The van der Waals surface area contributed by atoms with Gasteiger partial charge in [0.25, 0.3) is 5.56 Å². The highest BCUT2D eigenvalue weighted by Gasteiger charge is 2.41. The Morgan fingerprint density at radius 1 is 1.13 bits per heavy atom. The number of hydrogen-bond donors (Lipinski definition) is 0. The van der Waals surface area contributed by atoms with E-state index in [2.05, 4.69) is 6.92 Å². The van der Waals surface area contributed by atoms with Crippen LogP contribution in [0.1, 0.15) is 64.6 Å². The molecule has 1 fully saturated rings. The number of ether oxygens (including phenoxy) is 1. The molecule has 0 aliphatic carbocycles. The molecule has 2 aromatic carbocycles. The largest absolute Gasteiger partial charge is 0.459 e. The Labute approximate surface area is 229 Å². The van der Waals surface area contributed by atoms with E-state index in [-0.39, 0.29) is 28.6 Å². The highest BCUT2D eigenvalue weighted by Crippen LogP contribution is 2.30. The molecule has 1 aromatic heterocycles. The molecule has 1 saturated heterocycles. The van der Waals surface area contributed by atoms with Crippen LogP contribution in [-0.2, 0) is 32.5 Å². The minimum Gasteiger partial charge on any atom is -0.459 e. The Morgan fingerprint density at radius 2 is 1.87 bits per heavy atom. The highest BCUT2D eigenvalue weighted by molar-refractivity contribution is 7.89. The Morgan fingerprint density at radius 3 is 2.55 bits per heavy atom. The summed E-state index contributed by atoms with van der Waals surface area (Å²) in [6.45, 7) is 7.83. The van der Waals surface area contributed by atoms with Crippen molar-refractivity contribution in [1.29, 1.82) is 0 Å². The van der Waals surface area contributed by atoms with Crippen molar-refractivity contribution in [1.82, 2.24) is 8.87 Å². The fourth-order valence-electron chi connectivity index (χ4n) is 4.84. The number of unbranched alkanes of at least 4 members (excludes halogenated alkanes) is 1. The van der Waals surface area contributed by atoms with Crippen molar-refractivity contribution in [3.05, 3.63) is 75.2 Å². The van der Waals surface area contributed by atoms with Crippen LogP contribution in [0.5, 0.6) is 0 Å². The maximum atomic E-state index is 13.5. The minimum atomic E-state index is -3.98. The predicted molar refractivity (Wildman–Crippen MR) is 150 cm³/mol. The molecule has 2 heterocycles. The molecule has 0 N–H and O–H groups in total. The van der Waals surface area contributed by atoms with Crippen LogP contribution in [-0.4, -0.2) is 41.4 Å². The normalized spacial score (nSPS) is 16.7. The van der Waals surface area contributed by atoms with E-state index in [1.807, 2.05) is 30.3 Å². The molecule has 3 aromatic rings. The first kappa shape index (κ1) is 28.3. The molecule has 0 amide bonds. The minimum absolute atomic E-state index is 0.0128. The fraction of sp³-hybridized carbons (Fsp3) is 0.448. The van der Waals surface area contributed by atoms with Gasteiger partial charge in [0.1, 0.15) is 11.6 Å². The summed E-state index contributed by atoms with van der Waals surface area (Å²) in [5, 5.41) is 1.78. The van der Waals surface area contributed by atoms with Gasteiger partial charge in [-0.15, -0.1) is 0 Å². The summed E-state index contributed by atoms with van der Waals surface area (Å²) in [5.74, 6) is -0.545. The van der Waals surface area contributed by atoms with Gasteiger partial charge in [-0.1, -0.05) is 49.2 Å². The van der Waals surface area contributed by atoms with Gasteiger partial charge in [-0.05, 0) is 81.7 Å². The number of sulfonamides is 1.